The number of para-hydroxylation sites is 1. The summed E-state index contributed by atoms with van der Waals surface area (Å²) in [5.41, 5.74) is 7.42. The standard InChI is InChI=1S/C16H26N2O2/c1-3-19-16-9-5-4-8-14(16)15(17)12-18(2)11-13-7-6-10-20-13/h4-5,8-9,13,15H,3,6-7,10-12,17H2,1-2H3. The van der Waals surface area contributed by atoms with Crippen LogP contribution in [0.1, 0.15) is 31.4 Å². The average Bonchev–Trinajstić information content (AvgIpc) is 2.92. The first-order valence-corrected chi connectivity index (χ1v) is 7.48. The molecule has 1 aromatic rings. The molecule has 1 heterocycles. The summed E-state index contributed by atoms with van der Waals surface area (Å²) in [7, 11) is 2.10. The predicted octanol–water partition coefficient (Wildman–Crippen LogP) is 2.20. The Balaban J connectivity index is 1.91. The maximum absolute atomic E-state index is 6.34. The monoisotopic (exact) mass is 278 g/mol. The molecular weight excluding hydrogens is 252 g/mol. The first kappa shape index (κ1) is 15.3. The van der Waals surface area contributed by atoms with Crippen LogP contribution in [0.25, 0.3) is 0 Å². The van der Waals surface area contributed by atoms with Crippen molar-refractivity contribution in [3.8, 4) is 5.75 Å². The van der Waals surface area contributed by atoms with E-state index in [4.69, 9.17) is 15.2 Å². The lowest BCUT2D eigenvalue weighted by Gasteiger charge is -2.25. The summed E-state index contributed by atoms with van der Waals surface area (Å²) in [6, 6.07) is 7.99. The second-order valence-electron chi connectivity index (χ2n) is 5.43. The molecule has 2 unspecified atom stereocenters. The molecule has 4 heteroatoms. The van der Waals surface area contributed by atoms with Crippen LogP contribution < -0.4 is 10.5 Å². The summed E-state index contributed by atoms with van der Waals surface area (Å²) in [5, 5.41) is 0. The largest absolute Gasteiger partial charge is 0.494 e. The number of rotatable bonds is 7. The van der Waals surface area contributed by atoms with Gasteiger partial charge in [0.15, 0.2) is 0 Å². The van der Waals surface area contributed by atoms with Gasteiger partial charge in [0.05, 0.1) is 12.7 Å². The fourth-order valence-corrected chi connectivity index (χ4v) is 2.72. The summed E-state index contributed by atoms with van der Waals surface area (Å²) in [4.78, 5) is 2.25. The molecule has 0 radical (unpaired) electrons. The van der Waals surface area contributed by atoms with Gasteiger partial charge >= 0.3 is 0 Å². The zero-order chi connectivity index (χ0) is 14.4. The van der Waals surface area contributed by atoms with Gasteiger partial charge in [-0.1, -0.05) is 18.2 Å². The molecule has 0 aromatic heterocycles. The lowest BCUT2D eigenvalue weighted by molar-refractivity contribution is 0.0795. The molecule has 0 saturated carbocycles. The van der Waals surface area contributed by atoms with E-state index in [2.05, 4.69) is 18.0 Å². The third-order valence-corrected chi connectivity index (χ3v) is 3.67. The predicted molar refractivity (Wildman–Crippen MR) is 81.0 cm³/mol. The van der Waals surface area contributed by atoms with E-state index in [0.717, 1.165) is 37.4 Å². The van der Waals surface area contributed by atoms with Crippen LogP contribution in [0, 0.1) is 0 Å². The molecule has 4 nitrogen and oxygen atoms in total. The SMILES string of the molecule is CCOc1ccccc1C(N)CN(C)CC1CCCO1. The zero-order valence-corrected chi connectivity index (χ0v) is 12.5. The first-order valence-electron chi connectivity index (χ1n) is 7.48. The van der Waals surface area contributed by atoms with Crippen molar-refractivity contribution in [1.29, 1.82) is 0 Å². The highest BCUT2D eigenvalue weighted by Gasteiger charge is 2.19. The fraction of sp³-hybridized carbons (Fsp3) is 0.625. The zero-order valence-electron chi connectivity index (χ0n) is 12.5. The minimum absolute atomic E-state index is 0.0378. The van der Waals surface area contributed by atoms with Crippen molar-refractivity contribution < 1.29 is 9.47 Å². The molecule has 1 saturated heterocycles. The lowest BCUT2D eigenvalue weighted by atomic mass is 10.1. The molecule has 1 aromatic carbocycles. The smallest absolute Gasteiger partial charge is 0.124 e. The van der Waals surface area contributed by atoms with Crippen LogP contribution in [0.3, 0.4) is 0 Å². The van der Waals surface area contributed by atoms with Crippen molar-refractivity contribution >= 4 is 0 Å². The van der Waals surface area contributed by atoms with Gasteiger partial charge in [-0.05, 0) is 32.9 Å². The molecule has 0 spiro atoms. The van der Waals surface area contributed by atoms with Crippen LogP contribution >= 0.6 is 0 Å². The van der Waals surface area contributed by atoms with Crippen molar-refractivity contribution in [1.82, 2.24) is 4.90 Å². The van der Waals surface area contributed by atoms with Gasteiger partial charge in [0.25, 0.3) is 0 Å². The average molecular weight is 278 g/mol. The van der Waals surface area contributed by atoms with Gasteiger partial charge in [0.2, 0.25) is 0 Å². The second kappa shape index (κ2) is 7.62. The number of nitrogens with zero attached hydrogens (tertiary/aromatic N) is 1. The summed E-state index contributed by atoms with van der Waals surface area (Å²) < 4.78 is 11.3. The van der Waals surface area contributed by atoms with Crippen LogP contribution in [0.5, 0.6) is 5.75 Å². The Kier molecular flexibility index (Phi) is 5.83. The van der Waals surface area contributed by atoms with Crippen LogP contribution in [-0.4, -0.2) is 44.4 Å². The van der Waals surface area contributed by atoms with Crippen molar-refractivity contribution in [2.24, 2.45) is 5.73 Å². The van der Waals surface area contributed by atoms with Crippen molar-refractivity contribution in [2.75, 3.05) is 33.4 Å². The fourth-order valence-electron chi connectivity index (χ4n) is 2.72. The molecule has 1 aliphatic rings. The number of nitrogens with two attached hydrogens (primary N) is 1. The third kappa shape index (κ3) is 4.20. The van der Waals surface area contributed by atoms with E-state index in [1.54, 1.807) is 0 Å². The Morgan fingerprint density at radius 3 is 2.95 bits per heavy atom. The number of ether oxygens (including phenoxy) is 2. The molecule has 112 valence electrons. The molecule has 0 amide bonds. The first-order chi connectivity index (χ1) is 9.70. The van der Waals surface area contributed by atoms with Crippen molar-refractivity contribution in [3.05, 3.63) is 29.8 Å². The van der Waals surface area contributed by atoms with Crippen LogP contribution in [0.15, 0.2) is 24.3 Å². The molecule has 2 N–H and O–H groups in total. The van der Waals surface area contributed by atoms with Gasteiger partial charge in [-0.25, -0.2) is 0 Å². The molecule has 2 rings (SSSR count). The highest BCUT2D eigenvalue weighted by molar-refractivity contribution is 5.35. The molecule has 20 heavy (non-hydrogen) atoms. The third-order valence-electron chi connectivity index (χ3n) is 3.67. The van der Waals surface area contributed by atoms with E-state index in [1.807, 2.05) is 25.1 Å². The maximum atomic E-state index is 6.34. The van der Waals surface area contributed by atoms with Gasteiger partial charge in [-0.2, -0.15) is 0 Å². The van der Waals surface area contributed by atoms with Gasteiger partial charge in [0.1, 0.15) is 5.75 Å². The summed E-state index contributed by atoms with van der Waals surface area (Å²) in [6.45, 7) is 5.31. The highest BCUT2D eigenvalue weighted by atomic mass is 16.5. The van der Waals surface area contributed by atoms with E-state index >= 15 is 0 Å². The Morgan fingerprint density at radius 1 is 1.45 bits per heavy atom. The molecule has 2 atom stereocenters. The Hall–Kier alpha value is -1.10. The quantitative estimate of drug-likeness (QED) is 0.830. The molecular formula is C16H26N2O2. The van der Waals surface area contributed by atoms with Gasteiger partial charge < -0.3 is 20.1 Å². The van der Waals surface area contributed by atoms with E-state index < -0.39 is 0 Å². The van der Waals surface area contributed by atoms with E-state index in [1.165, 1.54) is 6.42 Å². The van der Waals surface area contributed by atoms with Gasteiger partial charge in [0, 0.05) is 31.3 Å². The van der Waals surface area contributed by atoms with Gasteiger partial charge in [-0.15, -0.1) is 0 Å². The van der Waals surface area contributed by atoms with Gasteiger partial charge in [-0.3, -0.25) is 0 Å². The molecule has 1 aliphatic heterocycles. The maximum Gasteiger partial charge on any atom is 0.124 e. The summed E-state index contributed by atoms with van der Waals surface area (Å²) in [6.07, 6.45) is 2.71. The van der Waals surface area contributed by atoms with Crippen LogP contribution in [-0.2, 0) is 4.74 Å². The minimum atomic E-state index is -0.0378. The number of hydrogen-bond donors (Lipinski definition) is 1. The van der Waals surface area contributed by atoms with E-state index in [0.29, 0.717) is 12.7 Å². The Labute approximate surface area is 121 Å². The van der Waals surface area contributed by atoms with Crippen LogP contribution in [0.2, 0.25) is 0 Å². The summed E-state index contributed by atoms with van der Waals surface area (Å²) >= 11 is 0. The molecule has 0 aliphatic carbocycles. The number of benzene rings is 1. The van der Waals surface area contributed by atoms with Crippen molar-refractivity contribution in [2.45, 2.75) is 31.9 Å². The lowest BCUT2D eigenvalue weighted by Crippen LogP contribution is -2.34. The van der Waals surface area contributed by atoms with E-state index in [-0.39, 0.29) is 6.04 Å². The molecule has 1 fully saturated rings. The summed E-state index contributed by atoms with van der Waals surface area (Å²) in [5.74, 6) is 0.896. The number of hydrogen-bond acceptors (Lipinski definition) is 4. The number of likely N-dealkylation sites (N-methyl/N-ethyl adjacent to an activating group) is 1. The second-order valence-corrected chi connectivity index (χ2v) is 5.43. The normalized spacial score (nSPS) is 20.3. The Morgan fingerprint density at radius 2 is 2.25 bits per heavy atom. The molecule has 0 bridgehead atoms. The topological polar surface area (TPSA) is 47.7 Å². The van der Waals surface area contributed by atoms with Crippen molar-refractivity contribution in [3.63, 3.8) is 0 Å². The minimum Gasteiger partial charge on any atom is -0.494 e. The van der Waals surface area contributed by atoms with Crippen LogP contribution in [0.4, 0.5) is 0 Å². The van der Waals surface area contributed by atoms with E-state index in [9.17, 15) is 0 Å². The highest BCUT2D eigenvalue weighted by Crippen LogP contribution is 2.24. The Bertz CT molecular complexity index is 405.